The number of carboxylic acids is 1. The summed E-state index contributed by atoms with van der Waals surface area (Å²) in [4.78, 5) is 11.1. The van der Waals surface area contributed by atoms with Crippen molar-refractivity contribution in [1.82, 2.24) is 0 Å². The Bertz CT molecular complexity index is 621. The van der Waals surface area contributed by atoms with Gasteiger partial charge in [-0.1, -0.05) is 47.5 Å². The van der Waals surface area contributed by atoms with Crippen molar-refractivity contribution in [3.05, 3.63) is 58.1 Å². The number of halogens is 2. The van der Waals surface area contributed by atoms with Crippen LogP contribution in [0, 0.1) is 0 Å². The van der Waals surface area contributed by atoms with Gasteiger partial charge >= 0.3 is 5.97 Å². The molecule has 0 fully saturated rings. The average Bonchev–Trinajstić information content (AvgIpc) is 2.42. The molecule has 20 heavy (non-hydrogen) atoms. The quantitative estimate of drug-likeness (QED) is 0.866. The van der Waals surface area contributed by atoms with E-state index < -0.39 is 11.9 Å². The highest BCUT2D eigenvalue weighted by atomic mass is 35.5. The molecule has 0 heterocycles. The Morgan fingerprint density at radius 2 is 1.70 bits per heavy atom. The predicted molar refractivity (Wildman–Crippen MR) is 79.0 cm³/mol. The maximum atomic E-state index is 11.1. The zero-order valence-corrected chi connectivity index (χ0v) is 12.2. The molecule has 0 bridgehead atoms. The van der Waals surface area contributed by atoms with Gasteiger partial charge in [-0.3, -0.25) is 4.79 Å². The molecule has 0 aliphatic carbocycles. The van der Waals surface area contributed by atoms with Crippen LogP contribution in [0.25, 0.3) is 0 Å². The van der Waals surface area contributed by atoms with E-state index in [0.29, 0.717) is 27.1 Å². The topological polar surface area (TPSA) is 46.5 Å². The van der Waals surface area contributed by atoms with Crippen molar-refractivity contribution in [3.8, 4) is 11.5 Å². The summed E-state index contributed by atoms with van der Waals surface area (Å²) >= 11 is 12.1. The molecule has 1 N–H and O–H groups in total. The maximum absolute atomic E-state index is 11.1. The number of aliphatic carboxylic acids is 1. The molecule has 0 aliphatic rings. The lowest BCUT2D eigenvalue weighted by molar-refractivity contribution is -0.138. The lowest BCUT2D eigenvalue weighted by Crippen LogP contribution is -2.08. The van der Waals surface area contributed by atoms with E-state index >= 15 is 0 Å². The number of carbonyl (C=O) groups is 1. The summed E-state index contributed by atoms with van der Waals surface area (Å²) in [5, 5.41) is 9.87. The summed E-state index contributed by atoms with van der Waals surface area (Å²) in [5.41, 5.74) is 0.566. The van der Waals surface area contributed by atoms with Crippen molar-refractivity contribution in [2.45, 2.75) is 12.8 Å². The van der Waals surface area contributed by atoms with Gasteiger partial charge in [-0.05, 0) is 25.1 Å². The van der Waals surface area contributed by atoms with Gasteiger partial charge in [-0.2, -0.15) is 0 Å². The standard InChI is InChI=1S/C15H12Cl2O3/c1-9(15(18)19)10-5-2-3-8-13(10)20-14-11(16)6-4-7-12(14)17/h2-9H,1H3,(H,18,19)/t9-/m1/s1. The summed E-state index contributed by atoms with van der Waals surface area (Å²) in [5.74, 6) is -0.864. The lowest BCUT2D eigenvalue weighted by Gasteiger charge is -2.15. The fourth-order valence-electron chi connectivity index (χ4n) is 1.75. The van der Waals surface area contributed by atoms with Crippen LogP contribution >= 0.6 is 23.2 Å². The molecule has 0 saturated carbocycles. The minimum atomic E-state index is -0.925. The van der Waals surface area contributed by atoms with E-state index in [9.17, 15) is 4.79 Å². The SMILES string of the molecule is C[C@@H](C(=O)O)c1ccccc1Oc1c(Cl)cccc1Cl. The smallest absolute Gasteiger partial charge is 0.310 e. The molecule has 0 saturated heterocycles. The van der Waals surface area contributed by atoms with E-state index in [-0.39, 0.29) is 0 Å². The normalized spacial score (nSPS) is 11.9. The van der Waals surface area contributed by atoms with Crippen LogP contribution in [0.15, 0.2) is 42.5 Å². The second-order valence-corrected chi connectivity index (χ2v) is 5.06. The van der Waals surface area contributed by atoms with Gasteiger partial charge in [0, 0.05) is 5.56 Å². The van der Waals surface area contributed by atoms with Gasteiger partial charge in [0.1, 0.15) is 5.75 Å². The first-order valence-electron chi connectivity index (χ1n) is 5.94. The monoisotopic (exact) mass is 310 g/mol. The number of ether oxygens (including phenoxy) is 1. The molecule has 0 aromatic heterocycles. The van der Waals surface area contributed by atoms with Crippen LogP contribution < -0.4 is 4.74 Å². The Morgan fingerprint density at radius 1 is 1.10 bits per heavy atom. The molecule has 5 heteroatoms. The summed E-state index contributed by atoms with van der Waals surface area (Å²) < 4.78 is 5.72. The third-order valence-corrected chi connectivity index (χ3v) is 3.48. The fourth-order valence-corrected chi connectivity index (χ4v) is 2.23. The number of hydrogen-bond donors (Lipinski definition) is 1. The molecule has 0 aliphatic heterocycles. The number of para-hydroxylation sites is 2. The van der Waals surface area contributed by atoms with Gasteiger partial charge in [-0.25, -0.2) is 0 Å². The third-order valence-electron chi connectivity index (χ3n) is 2.89. The van der Waals surface area contributed by atoms with Gasteiger partial charge in [0.25, 0.3) is 0 Å². The molecular weight excluding hydrogens is 299 g/mol. The van der Waals surface area contributed by atoms with E-state index in [1.807, 2.05) is 0 Å². The highest BCUT2D eigenvalue weighted by Crippen LogP contribution is 2.38. The number of hydrogen-bond acceptors (Lipinski definition) is 2. The van der Waals surface area contributed by atoms with E-state index in [0.717, 1.165) is 0 Å². The molecule has 2 rings (SSSR count). The highest BCUT2D eigenvalue weighted by molar-refractivity contribution is 6.37. The van der Waals surface area contributed by atoms with Crippen molar-refractivity contribution in [3.63, 3.8) is 0 Å². The predicted octanol–water partition coefficient (Wildman–Crippen LogP) is 4.97. The Balaban J connectivity index is 2.42. The summed E-state index contributed by atoms with van der Waals surface area (Å²) in [6.07, 6.45) is 0. The molecule has 0 radical (unpaired) electrons. The molecule has 0 spiro atoms. The van der Waals surface area contributed by atoms with Gasteiger partial charge in [0.05, 0.1) is 16.0 Å². The number of carboxylic acid groups (broad SMARTS) is 1. The Morgan fingerprint density at radius 3 is 2.30 bits per heavy atom. The molecule has 3 nitrogen and oxygen atoms in total. The Kier molecular flexibility index (Phi) is 4.53. The number of rotatable bonds is 4. The van der Waals surface area contributed by atoms with E-state index in [4.69, 9.17) is 33.0 Å². The second kappa shape index (κ2) is 6.16. The second-order valence-electron chi connectivity index (χ2n) is 4.25. The molecule has 1 atom stereocenters. The molecule has 2 aromatic rings. The van der Waals surface area contributed by atoms with Crippen LogP contribution in [0.3, 0.4) is 0 Å². The molecule has 0 amide bonds. The Hall–Kier alpha value is -1.71. The largest absolute Gasteiger partial charge is 0.481 e. The van der Waals surface area contributed by atoms with Crippen LogP contribution in [-0.4, -0.2) is 11.1 Å². The van der Waals surface area contributed by atoms with Crippen molar-refractivity contribution in [2.75, 3.05) is 0 Å². The van der Waals surface area contributed by atoms with Crippen LogP contribution in [0.4, 0.5) is 0 Å². The van der Waals surface area contributed by atoms with Gasteiger partial charge in [0.15, 0.2) is 5.75 Å². The van der Waals surface area contributed by atoms with E-state index in [1.54, 1.807) is 49.4 Å². The zero-order chi connectivity index (χ0) is 14.7. The lowest BCUT2D eigenvalue weighted by atomic mass is 10.0. The minimum Gasteiger partial charge on any atom is -0.481 e. The van der Waals surface area contributed by atoms with E-state index in [1.165, 1.54) is 0 Å². The van der Waals surface area contributed by atoms with Crippen LogP contribution in [0.2, 0.25) is 10.0 Å². The molecule has 0 unspecified atom stereocenters. The van der Waals surface area contributed by atoms with Gasteiger partial charge < -0.3 is 9.84 Å². The van der Waals surface area contributed by atoms with Crippen LogP contribution in [-0.2, 0) is 4.79 Å². The molecule has 104 valence electrons. The minimum absolute atomic E-state index is 0.320. The van der Waals surface area contributed by atoms with Crippen molar-refractivity contribution in [1.29, 1.82) is 0 Å². The third kappa shape index (κ3) is 3.06. The van der Waals surface area contributed by atoms with Crippen LogP contribution in [0.1, 0.15) is 18.4 Å². The average molecular weight is 311 g/mol. The summed E-state index contributed by atoms with van der Waals surface area (Å²) in [6.45, 7) is 1.60. The van der Waals surface area contributed by atoms with Gasteiger partial charge in [-0.15, -0.1) is 0 Å². The van der Waals surface area contributed by atoms with Crippen molar-refractivity contribution in [2.24, 2.45) is 0 Å². The molecular formula is C15H12Cl2O3. The first kappa shape index (κ1) is 14.7. The van der Waals surface area contributed by atoms with Crippen molar-refractivity contribution >= 4 is 29.2 Å². The van der Waals surface area contributed by atoms with Crippen LogP contribution in [0.5, 0.6) is 11.5 Å². The van der Waals surface area contributed by atoms with Gasteiger partial charge in [0.2, 0.25) is 0 Å². The van der Waals surface area contributed by atoms with E-state index in [2.05, 4.69) is 0 Å². The number of benzene rings is 2. The fraction of sp³-hybridized carbons (Fsp3) is 0.133. The first-order chi connectivity index (χ1) is 9.50. The maximum Gasteiger partial charge on any atom is 0.310 e. The first-order valence-corrected chi connectivity index (χ1v) is 6.70. The summed E-state index contributed by atoms with van der Waals surface area (Å²) in [6, 6.07) is 11.9. The molecule has 2 aromatic carbocycles. The highest BCUT2D eigenvalue weighted by Gasteiger charge is 2.19. The zero-order valence-electron chi connectivity index (χ0n) is 10.6. The summed E-state index contributed by atoms with van der Waals surface area (Å²) in [7, 11) is 0. The van der Waals surface area contributed by atoms with Crippen molar-refractivity contribution < 1.29 is 14.6 Å². The Labute approximate surface area is 126 Å².